The van der Waals surface area contributed by atoms with Crippen molar-refractivity contribution in [3.05, 3.63) is 59.2 Å². The van der Waals surface area contributed by atoms with Crippen LogP contribution in [0.3, 0.4) is 0 Å². The van der Waals surface area contributed by atoms with Crippen LogP contribution in [0.15, 0.2) is 47.5 Å². The number of nitrogens with zero attached hydrogens (tertiary/aromatic N) is 2. The van der Waals surface area contributed by atoms with E-state index in [2.05, 4.69) is 27.4 Å². The molecule has 0 saturated carbocycles. The van der Waals surface area contributed by atoms with Crippen LogP contribution in [0.2, 0.25) is 0 Å². The van der Waals surface area contributed by atoms with Crippen molar-refractivity contribution >= 4 is 11.9 Å². The molecule has 32 heavy (non-hydrogen) atoms. The summed E-state index contributed by atoms with van der Waals surface area (Å²) in [5.74, 6) is 2.23. The highest BCUT2D eigenvalue weighted by Gasteiger charge is 2.10. The summed E-state index contributed by atoms with van der Waals surface area (Å²) in [6.07, 6.45) is 1.75. The number of likely N-dealkylation sites (N-methyl/N-ethyl adjacent to an activating group) is 1. The second-order valence-corrected chi connectivity index (χ2v) is 7.74. The zero-order valence-electron chi connectivity index (χ0n) is 20.1. The number of hydrogen-bond acceptors (Lipinski definition) is 4. The van der Waals surface area contributed by atoms with Gasteiger partial charge in [-0.1, -0.05) is 25.1 Å². The third-order valence-electron chi connectivity index (χ3n) is 5.41. The Kier molecular flexibility index (Phi) is 9.85. The van der Waals surface area contributed by atoms with Crippen LogP contribution >= 0.6 is 0 Å². The average Bonchev–Trinajstić information content (AvgIpc) is 2.82. The van der Waals surface area contributed by atoms with Gasteiger partial charge in [0.1, 0.15) is 0 Å². The van der Waals surface area contributed by atoms with E-state index in [4.69, 9.17) is 9.47 Å². The standard InChI is InChI=1S/C25H36N4O3/c1-7-18(2)28-24(30)21-11-8-20(9-12-21)17-27-25(26-3)29(4)15-14-19-10-13-22(31-5)23(16-19)32-6/h8-13,16,18H,7,14-15,17H2,1-6H3,(H,26,27)(H,28,30). The fraction of sp³-hybridized carbons (Fsp3) is 0.440. The highest BCUT2D eigenvalue weighted by Crippen LogP contribution is 2.27. The molecular weight excluding hydrogens is 404 g/mol. The van der Waals surface area contributed by atoms with Gasteiger partial charge in [-0.15, -0.1) is 0 Å². The van der Waals surface area contributed by atoms with E-state index >= 15 is 0 Å². The van der Waals surface area contributed by atoms with Crippen LogP contribution in [0, 0.1) is 0 Å². The maximum Gasteiger partial charge on any atom is 0.251 e. The van der Waals surface area contributed by atoms with E-state index in [-0.39, 0.29) is 11.9 Å². The van der Waals surface area contributed by atoms with Gasteiger partial charge in [0, 0.05) is 38.8 Å². The van der Waals surface area contributed by atoms with E-state index in [1.165, 1.54) is 0 Å². The summed E-state index contributed by atoms with van der Waals surface area (Å²) < 4.78 is 10.7. The van der Waals surface area contributed by atoms with Crippen LogP contribution in [0.25, 0.3) is 0 Å². The second kappa shape index (κ2) is 12.6. The molecule has 0 aliphatic heterocycles. The summed E-state index contributed by atoms with van der Waals surface area (Å²) in [4.78, 5) is 18.7. The summed E-state index contributed by atoms with van der Waals surface area (Å²) in [5, 5.41) is 6.37. The molecule has 0 fully saturated rings. The predicted molar refractivity (Wildman–Crippen MR) is 130 cm³/mol. The summed E-state index contributed by atoms with van der Waals surface area (Å²) in [6, 6.07) is 13.8. The van der Waals surface area contributed by atoms with Crippen molar-refractivity contribution in [1.82, 2.24) is 15.5 Å². The molecule has 1 atom stereocenters. The van der Waals surface area contributed by atoms with E-state index in [0.29, 0.717) is 12.1 Å². The number of hydrogen-bond donors (Lipinski definition) is 2. The number of benzene rings is 2. The monoisotopic (exact) mass is 440 g/mol. The minimum Gasteiger partial charge on any atom is -0.493 e. The van der Waals surface area contributed by atoms with Gasteiger partial charge in [-0.2, -0.15) is 0 Å². The number of ether oxygens (including phenoxy) is 2. The second-order valence-electron chi connectivity index (χ2n) is 7.74. The molecule has 0 spiro atoms. The fourth-order valence-electron chi connectivity index (χ4n) is 3.19. The Balaban J connectivity index is 1.88. The Morgan fingerprint density at radius 3 is 2.31 bits per heavy atom. The molecule has 0 aliphatic rings. The number of rotatable bonds is 10. The van der Waals surface area contributed by atoms with E-state index in [0.717, 1.165) is 48.0 Å². The van der Waals surface area contributed by atoms with Crippen LogP contribution in [0.1, 0.15) is 41.8 Å². The molecule has 2 aromatic carbocycles. The highest BCUT2D eigenvalue weighted by atomic mass is 16.5. The van der Waals surface area contributed by atoms with E-state index in [1.807, 2.05) is 56.4 Å². The van der Waals surface area contributed by atoms with Crippen molar-refractivity contribution in [2.45, 2.75) is 39.3 Å². The van der Waals surface area contributed by atoms with Crippen LogP contribution in [-0.4, -0.2) is 57.7 Å². The first kappa shape index (κ1) is 25.0. The molecule has 7 nitrogen and oxygen atoms in total. The third kappa shape index (κ3) is 7.18. The lowest BCUT2D eigenvalue weighted by atomic mass is 10.1. The van der Waals surface area contributed by atoms with Crippen molar-refractivity contribution in [3.63, 3.8) is 0 Å². The van der Waals surface area contributed by atoms with E-state index in [1.54, 1.807) is 21.3 Å². The van der Waals surface area contributed by atoms with E-state index in [9.17, 15) is 4.79 Å². The molecule has 0 radical (unpaired) electrons. The Morgan fingerprint density at radius 2 is 1.72 bits per heavy atom. The number of aliphatic imine (C=N–C) groups is 1. The quantitative estimate of drug-likeness (QED) is 0.437. The largest absolute Gasteiger partial charge is 0.493 e. The summed E-state index contributed by atoms with van der Waals surface area (Å²) >= 11 is 0. The Hall–Kier alpha value is -3.22. The molecule has 0 aliphatic carbocycles. The molecule has 1 amide bonds. The molecule has 2 aromatic rings. The van der Waals surface area contributed by atoms with Crippen LogP contribution in [0.5, 0.6) is 11.5 Å². The molecule has 0 heterocycles. The third-order valence-corrected chi connectivity index (χ3v) is 5.41. The maximum absolute atomic E-state index is 12.2. The van der Waals surface area contributed by atoms with Crippen LogP contribution in [-0.2, 0) is 13.0 Å². The molecule has 7 heteroatoms. The van der Waals surface area contributed by atoms with Gasteiger partial charge in [0.05, 0.1) is 14.2 Å². The van der Waals surface area contributed by atoms with Gasteiger partial charge in [-0.05, 0) is 55.2 Å². The SMILES string of the molecule is CCC(C)NC(=O)c1ccc(CNC(=NC)N(C)CCc2ccc(OC)c(OC)c2)cc1. The maximum atomic E-state index is 12.2. The molecule has 174 valence electrons. The summed E-state index contributed by atoms with van der Waals surface area (Å²) in [5.41, 5.74) is 2.92. The first-order valence-electron chi connectivity index (χ1n) is 10.9. The Labute approximate surface area is 191 Å². The van der Waals surface area contributed by atoms with Gasteiger partial charge in [0.2, 0.25) is 0 Å². The van der Waals surface area contributed by atoms with Gasteiger partial charge < -0.3 is 25.0 Å². The lowest BCUT2D eigenvalue weighted by Gasteiger charge is -2.22. The number of guanidine groups is 1. The van der Waals surface area contributed by atoms with Crippen molar-refractivity contribution < 1.29 is 14.3 Å². The molecule has 0 saturated heterocycles. The smallest absolute Gasteiger partial charge is 0.251 e. The normalized spacial score (nSPS) is 12.1. The van der Waals surface area contributed by atoms with Crippen molar-refractivity contribution in [1.29, 1.82) is 0 Å². The van der Waals surface area contributed by atoms with Gasteiger partial charge in [-0.3, -0.25) is 9.79 Å². The number of methoxy groups -OCH3 is 2. The average molecular weight is 441 g/mol. The highest BCUT2D eigenvalue weighted by molar-refractivity contribution is 5.94. The lowest BCUT2D eigenvalue weighted by molar-refractivity contribution is 0.0939. The molecule has 2 rings (SSSR count). The van der Waals surface area contributed by atoms with Crippen molar-refractivity contribution in [2.75, 3.05) is 34.9 Å². The topological polar surface area (TPSA) is 75.2 Å². The minimum absolute atomic E-state index is 0.0374. The number of nitrogens with one attached hydrogen (secondary N) is 2. The summed E-state index contributed by atoms with van der Waals surface area (Å²) in [6.45, 7) is 5.48. The van der Waals surface area contributed by atoms with Gasteiger partial charge in [0.15, 0.2) is 17.5 Å². The first-order chi connectivity index (χ1) is 15.4. The minimum atomic E-state index is -0.0374. The van der Waals surface area contributed by atoms with Crippen molar-refractivity contribution in [3.8, 4) is 11.5 Å². The van der Waals surface area contributed by atoms with Gasteiger partial charge in [-0.25, -0.2) is 0 Å². The molecule has 0 bridgehead atoms. The van der Waals surface area contributed by atoms with Gasteiger partial charge in [0.25, 0.3) is 5.91 Å². The number of amides is 1. The first-order valence-corrected chi connectivity index (χ1v) is 10.9. The number of carbonyl (C=O) groups is 1. The van der Waals surface area contributed by atoms with Crippen LogP contribution < -0.4 is 20.1 Å². The zero-order chi connectivity index (χ0) is 23.5. The molecule has 0 aromatic heterocycles. The lowest BCUT2D eigenvalue weighted by Crippen LogP contribution is -2.39. The molecule has 1 unspecified atom stereocenters. The fourth-order valence-corrected chi connectivity index (χ4v) is 3.19. The van der Waals surface area contributed by atoms with E-state index < -0.39 is 0 Å². The molecule has 2 N–H and O–H groups in total. The Morgan fingerprint density at radius 1 is 1.06 bits per heavy atom. The predicted octanol–water partition coefficient (Wildman–Crippen LogP) is 3.48. The van der Waals surface area contributed by atoms with Crippen molar-refractivity contribution in [2.24, 2.45) is 4.99 Å². The van der Waals surface area contributed by atoms with Crippen LogP contribution in [0.4, 0.5) is 0 Å². The van der Waals surface area contributed by atoms with Gasteiger partial charge >= 0.3 is 0 Å². The number of carbonyl (C=O) groups excluding carboxylic acids is 1. The Bertz CT molecular complexity index is 897. The molecular formula is C25H36N4O3. The summed E-state index contributed by atoms with van der Waals surface area (Å²) in [7, 11) is 7.07. The zero-order valence-corrected chi connectivity index (χ0v) is 20.1.